The van der Waals surface area contributed by atoms with Crippen molar-refractivity contribution in [2.45, 2.75) is 16.6 Å². The van der Waals surface area contributed by atoms with Gasteiger partial charge in [0.25, 0.3) is 11.4 Å². The van der Waals surface area contributed by atoms with Gasteiger partial charge in [0, 0.05) is 11.0 Å². The smallest absolute Gasteiger partial charge is 0.348 e. The summed E-state index contributed by atoms with van der Waals surface area (Å²) in [7, 11) is 0. The van der Waals surface area contributed by atoms with Crippen LogP contribution in [0, 0.1) is 20.2 Å². The number of thioether (sulfide) groups is 1. The van der Waals surface area contributed by atoms with Gasteiger partial charge in [0.15, 0.2) is 0 Å². The fourth-order valence-corrected chi connectivity index (χ4v) is 3.02. The molecule has 29 heavy (non-hydrogen) atoms. The molecule has 0 spiro atoms. The lowest BCUT2D eigenvalue weighted by molar-refractivity contribution is -0.394. The van der Waals surface area contributed by atoms with Gasteiger partial charge in [-0.2, -0.15) is 26.3 Å². The number of nitro groups is 2. The van der Waals surface area contributed by atoms with Crippen LogP contribution in [0.5, 0.6) is 0 Å². The Hall–Kier alpha value is -2.74. The molecule has 0 radical (unpaired) electrons. The Morgan fingerprint density at radius 1 is 0.966 bits per heavy atom. The Kier molecular flexibility index (Phi) is 6.18. The highest BCUT2D eigenvalue weighted by Crippen LogP contribution is 2.45. The highest BCUT2D eigenvalue weighted by atomic mass is 35.5. The normalized spacial score (nSPS) is 12.0. The van der Waals surface area contributed by atoms with Gasteiger partial charge < -0.3 is 5.32 Å². The third-order valence-electron chi connectivity index (χ3n) is 3.25. The first-order chi connectivity index (χ1) is 13.2. The molecule has 7 nitrogen and oxygen atoms in total. The molecule has 0 unspecified atom stereocenters. The van der Waals surface area contributed by atoms with Gasteiger partial charge in [-0.3, -0.25) is 20.2 Å². The van der Waals surface area contributed by atoms with Gasteiger partial charge in [0.2, 0.25) is 0 Å². The van der Waals surface area contributed by atoms with E-state index in [0.29, 0.717) is 6.07 Å². The Balaban J connectivity index is 2.60. The van der Waals surface area contributed by atoms with Crippen LogP contribution >= 0.6 is 23.4 Å². The third kappa shape index (κ3) is 5.63. The van der Waals surface area contributed by atoms with Crippen molar-refractivity contribution in [1.82, 2.24) is 0 Å². The molecule has 0 atom stereocenters. The van der Waals surface area contributed by atoms with E-state index in [4.69, 9.17) is 11.6 Å². The molecule has 0 aliphatic carbocycles. The summed E-state index contributed by atoms with van der Waals surface area (Å²) < 4.78 is 77.2. The highest BCUT2D eigenvalue weighted by molar-refractivity contribution is 8.00. The zero-order valence-electron chi connectivity index (χ0n) is 13.5. The molecule has 0 aliphatic heterocycles. The fraction of sp³-hybridized carbons (Fsp3) is 0.143. The molecule has 156 valence electrons. The van der Waals surface area contributed by atoms with Gasteiger partial charge in [-0.1, -0.05) is 11.6 Å². The second-order valence-corrected chi connectivity index (χ2v) is 6.76. The first kappa shape index (κ1) is 22.5. The van der Waals surface area contributed by atoms with Crippen molar-refractivity contribution in [3.63, 3.8) is 0 Å². The molecule has 15 heteroatoms. The molecular formula is C14H6ClF6N3O4S. The Bertz CT molecular complexity index is 983. The van der Waals surface area contributed by atoms with Crippen LogP contribution in [-0.2, 0) is 6.18 Å². The fourth-order valence-electron chi connectivity index (χ4n) is 2.15. The van der Waals surface area contributed by atoms with Gasteiger partial charge in [0.1, 0.15) is 5.69 Å². The monoisotopic (exact) mass is 461 g/mol. The van der Waals surface area contributed by atoms with Crippen LogP contribution in [0.2, 0.25) is 5.02 Å². The van der Waals surface area contributed by atoms with Crippen LogP contribution in [0.25, 0.3) is 0 Å². The van der Waals surface area contributed by atoms with E-state index in [1.54, 1.807) is 0 Å². The van der Waals surface area contributed by atoms with Gasteiger partial charge in [-0.05, 0) is 30.0 Å². The molecule has 0 saturated carbocycles. The number of rotatable bonds is 5. The maximum absolute atomic E-state index is 13.3. The van der Waals surface area contributed by atoms with Crippen LogP contribution in [0.4, 0.5) is 49.1 Å². The van der Waals surface area contributed by atoms with E-state index in [9.17, 15) is 46.6 Å². The summed E-state index contributed by atoms with van der Waals surface area (Å²) in [4.78, 5) is 19.1. The van der Waals surface area contributed by atoms with Crippen molar-refractivity contribution in [2.75, 3.05) is 5.32 Å². The van der Waals surface area contributed by atoms with E-state index in [1.807, 2.05) is 5.32 Å². The first-order valence-corrected chi connectivity index (χ1v) is 8.25. The number of hydrogen-bond donors (Lipinski definition) is 1. The van der Waals surface area contributed by atoms with Crippen molar-refractivity contribution in [3.05, 3.63) is 61.1 Å². The second kappa shape index (κ2) is 7.94. The van der Waals surface area contributed by atoms with Gasteiger partial charge in [-0.15, -0.1) is 0 Å². The lowest BCUT2D eigenvalue weighted by Gasteiger charge is -2.16. The van der Waals surface area contributed by atoms with Crippen LogP contribution in [0.3, 0.4) is 0 Å². The predicted molar refractivity (Wildman–Crippen MR) is 91.4 cm³/mol. The SMILES string of the molecule is O=[N+]([O-])c1cc([N+](=O)[O-])c(Nc2ccc(SC(F)(F)F)cc2Cl)c(C(F)(F)F)c1. The quantitative estimate of drug-likeness (QED) is 0.235. The Morgan fingerprint density at radius 3 is 2.03 bits per heavy atom. The summed E-state index contributed by atoms with van der Waals surface area (Å²) in [5.74, 6) is 0. The molecule has 0 bridgehead atoms. The lowest BCUT2D eigenvalue weighted by atomic mass is 10.1. The van der Waals surface area contributed by atoms with E-state index in [1.165, 1.54) is 0 Å². The number of alkyl halides is 6. The molecule has 2 aromatic rings. The van der Waals surface area contributed by atoms with Crippen LogP contribution in [-0.4, -0.2) is 15.4 Å². The first-order valence-electron chi connectivity index (χ1n) is 7.05. The molecule has 0 heterocycles. The highest BCUT2D eigenvalue weighted by Gasteiger charge is 2.40. The molecule has 2 rings (SSSR count). The largest absolute Gasteiger partial charge is 0.446 e. The third-order valence-corrected chi connectivity index (χ3v) is 4.28. The predicted octanol–water partition coefficient (Wildman–Crippen LogP) is 6.53. The van der Waals surface area contributed by atoms with Gasteiger partial charge >= 0.3 is 11.7 Å². The topological polar surface area (TPSA) is 98.3 Å². The second-order valence-electron chi connectivity index (χ2n) is 5.21. The number of non-ortho nitro benzene ring substituents is 1. The summed E-state index contributed by atoms with van der Waals surface area (Å²) >= 11 is 5.26. The zero-order chi connectivity index (χ0) is 22.1. The van der Waals surface area contributed by atoms with Crippen LogP contribution in [0.1, 0.15) is 5.56 Å². The van der Waals surface area contributed by atoms with Crippen molar-refractivity contribution in [3.8, 4) is 0 Å². The van der Waals surface area contributed by atoms with Crippen molar-refractivity contribution in [2.24, 2.45) is 0 Å². The molecule has 0 aromatic heterocycles. The number of nitro benzene ring substituents is 2. The number of nitrogens with one attached hydrogen (secondary N) is 1. The molecule has 2 aromatic carbocycles. The minimum atomic E-state index is -5.22. The van der Waals surface area contributed by atoms with E-state index in [-0.39, 0.29) is 16.6 Å². The van der Waals surface area contributed by atoms with Crippen molar-refractivity contribution in [1.29, 1.82) is 0 Å². The van der Waals surface area contributed by atoms with E-state index >= 15 is 0 Å². The molecule has 1 N–H and O–H groups in total. The molecule has 0 amide bonds. The van der Waals surface area contributed by atoms with E-state index in [0.717, 1.165) is 18.2 Å². The molecule has 0 saturated heterocycles. The summed E-state index contributed by atoms with van der Waals surface area (Å²) in [6.45, 7) is 0. The Morgan fingerprint density at radius 2 is 1.59 bits per heavy atom. The van der Waals surface area contributed by atoms with Gasteiger partial charge in [-0.25, -0.2) is 0 Å². The number of nitrogens with zero attached hydrogens (tertiary/aromatic N) is 2. The van der Waals surface area contributed by atoms with Gasteiger partial charge in [0.05, 0.1) is 32.2 Å². The van der Waals surface area contributed by atoms with Crippen molar-refractivity contribution < 1.29 is 36.2 Å². The van der Waals surface area contributed by atoms with Crippen molar-refractivity contribution >= 4 is 46.1 Å². The maximum Gasteiger partial charge on any atom is 0.446 e. The number of anilines is 2. The van der Waals surface area contributed by atoms with Crippen LogP contribution in [0.15, 0.2) is 35.2 Å². The molecule has 0 fully saturated rings. The lowest BCUT2D eigenvalue weighted by Crippen LogP contribution is -2.12. The average molecular weight is 462 g/mol. The van der Waals surface area contributed by atoms with E-state index in [2.05, 4.69) is 0 Å². The number of halogens is 7. The minimum Gasteiger partial charge on any atom is -0.348 e. The summed E-state index contributed by atoms with van der Waals surface area (Å²) in [5, 5.41) is 23.6. The maximum atomic E-state index is 13.3. The summed E-state index contributed by atoms with van der Waals surface area (Å²) in [6.07, 6.45) is -5.22. The molecular weight excluding hydrogens is 456 g/mol. The van der Waals surface area contributed by atoms with Crippen LogP contribution < -0.4 is 5.32 Å². The number of benzene rings is 2. The molecule has 0 aliphatic rings. The summed E-state index contributed by atoms with van der Waals surface area (Å²) in [6, 6.07) is 2.99. The zero-order valence-corrected chi connectivity index (χ0v) is 15.0. The standard InChI is InChI=1S/C14H6ClF6N3O4S/c15-9-5-7(29-14(19,20)21)1-2-10(9)22-12-8(13(16,17)18)3-6(23(25)26)4-11(12)24(27)28/h1-5,22H. The summed E-state index contributed by atoms with van der Waals surface area (Å²) in [5.41, 5.74) is -10.3. The number of hydrogen-bond acceptors (Lipinski definition) is 6. The van der Waals surface area contributed by atoms with E-state index < -0.39 is 60.9 Å². The average Bonchev–Trinajstić information content (AvgIpc) is 2.54. The Labute approximate surface area is 165 Å². The minimum absolute atomic E-state index is 0.0944.